The molecular weight excluding hydrogens is 428 g/mol. The number of anilines is 1. The minimum absolute atomic E-state index is 0.0726. The number of sulfonamides is 1. The number of nitrogens with zero attached hydrogens (tertiary/aromatic N) is 3. The fourth-order valence-electron chi connectivity index (χ4n) is 3.81. The van der Waals surface area contributed by atoms with Crippen LogP contribution in [0.25, 0.3) is 11.4 Å². The van der Waals surface area contributed by atoms with Crippen molar-refractivity contribution in [1.82, 2.24) is 14.4 Å². The van der Waals surface area contributed by atoms with Gasteiger partial charge in [-0.15, -0.1) is 0 Å². The van der Waals surface area contributed by atoms with Crippen LogP contribution in [0.3, 0.4) is 0 Å². The summed E-state index contributed by atoms with van der Waals surface area (Å²) in [7, 11) is -3.71. The molecule has 0 radical (unpaired) electrons. The Balaban J connectivity index is 1.46. The van der Waals surface area contributed by atoms with Crippen LogP contribution in [0.1, 0.15) is 29.9 Å². The predicted octanol–water partition coefficient (Wildman–Crippen LogP) is 3.70. The second-order valence-electron chi connectivity index (χ2n) is 8.15. The number of carbonyl (C=O) groups excluding carboxylic acids is 1. The molecule has 1 fully saturated rings. The molecule has 1 N–H and O–H groups in total. The lowest BCUT2D eigenvalue weighted by Crippen LogP contribution is -2.41. The summed E-state index contributed by atoms with van der Waals surface area (Å²) in [6.07, 6.45) is 0.944. The van der Waals surface area contributed by atoms with Gasteiger partial charge in [-0.3, -0.25) is 4.79 Å². The van der Waals surface area contributed by atoms with Crippen LogP contribution in [0.2, 0.25) is 0 Å². The van der Waals surface area contributed by atoms with Gasteiger partial charge in [0.05, 0.1) is 4.90 Å². The number of hydrogen-bond acceptors (Lipinski definition) is 6. The highest BCUT2D eigenvalue weighted by atomic mass is 32.2. The van der Waals surface area contributed by atoms with Crippen molar-refractivity contribution in [2.24, 2.45) is 5.92 Å². The van der Waals surface area contributed by atoms with Crippen molar-refractivity contribution in [3.63, 3.8) is 0 Å². The molecule has 0 atom stereocenters. The summed E-state index contributed by atoms with van der Waals surface area (Å²) in [5.74, 6) is 0.468. The molecular formula is C23H26N4O4S. The normalized spacial score (nSPS) is 15.6. The lowest BCUT2D eigenvalue weighted by atomic mass is 9.97. The molecule has 0 saturated carbocycles. The first-order chi connectivity index (χ1) is 15.2. The highest BCUT2D eigenvalue weighted by Crippen LogP contribution is 2.29. The minimum Gasteiger partial charge on any atom is -0.339 e. The highest BCUT2D eigenvalue weighted by Gasteiger charge is 2.33. The standard InChI is InChI=1S/C23H26N4O4S/c1-15-4-8-20(9-5-15)25-23(28)18-10-12-27(13-11-18)32(29,30)21-14-19(7-6-16(21)2)22-24-17(3)31-26-22/h4-9,14,18H,10-13H2,1-3H3,(H,25,28). The number of benzene rings is 2. The summed E-state index contributed by atoms with van der Waals surface area (Å²) in [5.41, 5.74) is 3.10. The molecule has 0 unspecified atom stereocenters. The Kier molecular flexibility index (Phi) is 6.12. The van der Waals surface area contributed by atoms with Gasteiger partial charge in [-0.1, -0.05) is 35.0 Å². The summed E-state index contributed by atoms with van der Waals surface area (Å²) >= 11 is 0. The molecule has 9 heteroatoms. The van der Waals surface area contributed by atoms with Crippen molar-refractivity contribution < 1.29 is 17.7 Å². The average molecular weight is 455 g/mol. The summed E-state index contributed by atoms with van der Waals surface area (Å²) in [5, 5.41) is 6.81. The molecule has 1 amide bonds. The van der Waals surface area contributed by atoms with Gasteiger partial charge >= 0.3 is 0 Å². The van der Waals surface area contributed by atoms with E-state index in [-0.39, 0.29) is 16.7 Å². The molecule has 2 aromatic carbocycles. The molecule has 1 saturated heterocycles. The smallest absolute Gasteiger partial charge is 0.243 e. The van der Waals surface area contributed by atoms with Crippen LogP contribution in [0, 0.1) is 26.7 Å². The number of rotatable bonds is 5. The lowest BCUT2D eigenvalue weighted by molar-refractivity contribution is -0.120. The fraction of sp³-hybridized carbons (Fsp3) is 0.348. The van der Waals surface area contributed by atoms with Crippen molar-refractivity contribution in [3.8, 4) is 11.4 Å². The Morgan fingerprint density at radius 2 is 1.75 bits per heavy atom. The quantitative estimate of drug-likeness (QED) is 0.630. The van der Waals surface area contributed by atoms with E-state index >= 15 is 0 Å². The third-order valence-corrected chi connectivity index (χ3v) is 7.78. The summed E-state index contributed by atoms with van der Waals surface area (Å²) in [4.78, 5) is 17.0. The largest absolute Gasteiger partial charge is 0.339 e. The molecule has 32 heavy (non-hydrogen) atoms. The van der Waals surface area contributed by atoms with Crippen molar-refractivity contribution in [2.75, 3.05) is 18.4 Å². The maximum atomic E-state index is 13.4. The van der Waals surface area contributed by atoms with Crippen molar-refractivity contribution >= 4 is 21.6 Å². The molecule has 2 heterocycles. The van der Waals surface area contributed by atoms with Crippen molar-refractivity contribution in [2.45, 2.75) is 38.5 Å². The predicted molar refractivity (Wildman–Crippen MR) is 120 cm³/mol. The van der Waals surface area contributed by atoms with Gasteiger partial charge in [0.15, 0.2) is 0 Å². The highest BCUT2D eigenvalue weighted by molar-refractivity contribution is 7.89. The van der Waals surface area contributed by atoms with Crippen LogP contribution in [0.4, 0.5) is 5.69 Å². The number of aryl methyl sites for hydroxylation is 3. The van der Waals surface area contributed by atoms with Crippen LogP contribution in [-0.4, -0.2) is 41.9 Å². The first-order valence-corrected chi connectivity index (χ1v) is 12.0. The Hall–Kier alpha value is -3.04. The molecule has 1 aromatic heterocycles. The van der Waals surface area contributed by atoms with Crippen LogP contribution in [0.5, 0.6) is 0 Å². The molecule has 0 bridgehead atoms. The Labute approximate surface area is 187 Å². The topological polar surface area (TPSA) is 105 Å². The number of hydrogen-bond donors (Lipinski definition) is 1. The zero-order valence-corrected chi connectivity index (χ0v) is 19.1. The van der Waals surface area contributed by atoms with Gasteiger partial charge in [0, 0.05) is 37.2 Å². The van der Waals surface area contributed by atoms with Gasteiger partial charge in [0.2, 0.25) is 27.6 Å². The van der Waals surface area contributed by atoms with E-state index in [1.54, 1.807) is 32.0 Å². The van der Waals surface area contributed by atoms with Crippen LogP contribution < -0.4 is 5.32 Å². The summed E-state index contributed by atoms with van der Waals surface area (Å²) < 4.78 is 33.2. The maximum Gasteiger partial charge on any atom is 0.243 e. The number of amides is 1. The average Bonchev–Trinajstić information content (AvgIpc) is 3.22. The minimum atomic E-state index is -3.71. The summed E-state index contributed by atoms with van der Waals surface area (Å²) in [6.45, 7) is 6.02. The number of nitrogens with one attached hydrogen (secondary N) is 1. The maximum absolute atomic E-state index is 13.4. The molecule has 0 spiro atoms. The second kappa shape index (κ2) is 8.84. The molecule has 168 valence electrons. The molecule has 4 rings (SSSR count). The van der Waals surface area contributed by atoms with Crippen LogP contribution in [-0.2, 0) is 14.8 Å². The molecule has 1 aliphatic heterocycles. The zero-order valence-electron chi connectivity index (χ0n) is 18.3. The van der Waals surface area contributed by atoms with Gasteiger partial charge < -0.3 is 9.84 Å². The zero-order chi connectivity index (χ0) is 22.9. The Bertz CT molecular complexity index is 1230. The lowest BCUT2D eigenvalue weighted by Gasteiger charge is -2.31. The first-order valence-electron chi connectivity index (χ1n) is 10.5. The van der Waals surface area contributed by atoms with E-state index in [1.807, 2.05) is 31.2 Å². The van der Waals surface area contributed by atoms with E-state index in [4.69, 9.17) is 4.52 Å². The van der Waals surface area contributed by atoms with E-state index in [9.17, 15) is 13.2 Å². The Morgan fingerprint density at radius 3 is 2.38 bits per heavy atom. The van der Waals surface area contributed by atoms with E-state index in [2.05, 4.69) is 15.5 Å². The monoisotopic (exact) mass is 454 g/mol. The van der Waals surface area contributed by atoms with Crippen molar-refractivity contribution in [3.05, 3.63) is 59.5 Å². The van der Waals surface area contributed by atoms with E-state index in [0.717, 1.165) is 11.3 Å². The van der Waals surface area contributed by atoms with Gasteiger partial charge in [0.25, 0.3) is 0 Å². The molecule has 8 nitrogen and oxygen atoms in total. The third-order valence-electron chi connectivity index (χ3n) is 5.74. The SMILES string of the molecule is Cc1ccc(NC(=O)C2CCN(S(=O)(=O)c3cc(-c4noc(C)n4)ccc3C)CC2)cc1. The van der Waals surface area contributed by atoms with E-state index in [1.165, 1.54) is 4.31 Å². The van der Waals surface area contributed by atoms with Gasteiger partial charge in [-0.2, -0.15) is 9.29 Å². The van der Waals surface area contributed by atoms with Gasteiger partial charge in [-0.25, -0.2) is 8.42 Å². The fourth-order valence-corrected chi connectivity index (χ4v) is 5.53. The second-order valence-corrected chi connectivity index (χ2v) is 10.1. The number of carbonyl (C=O) groups is 1. The Morgan fingerprint density at radius 1 is 1.06 bits per heavy atom. The summed E-state index contributed by atoms with van der Waals surface area (Å²) in [6, 6.07) is 12.7. The van der Waals surface area contributed by atoms with Crippen molar-refractivity contribution in [1.29, 1.82) is 0 Å². The number of aromatic nitrogens is 2. The third kappa shape index (κ3) is 4.58. The van der Waals surface area contributed by atoms with Gasteiger partial charge in [-0.05, 0) is 50.5 Å². The van der Waals surface area contributed by atoms with E-state index in [0.29, 0.717) is 48.8 Å². The van der Waals surface area contributed by atoms with Gasteiger partial charge in [0.1, 0.15) is 0 Å². The van der Waals surface area contributed by atoms with Crippen LogP contribution >= 0.6 is 0 Å². The number of piperidine rings is 1. The van der Waals surface area contributed by atoms with E-state index < -0.39 is 10.0 Å². The first kappa shape index (κ1) is 22.2. The molecule has 0 aliphatic carbocycles. The molecule has 3 aromatic rings. The molecule has 1 aliphatic rings. The van der Waals surface area contributed by atoms with Crippen LogP contribution in [0.15, 0.2) is 51.9 Å².